The predicted octanol–water partition coefficient (Wildman–Crippen LogP) is 4.47. The quantitative estimate of drug-likeness (QED) is 0.698. The van der Waals surface area contributed by atoms with Gasteiger partial charge < -0.3 is 0 Å². The maximum atomic E-state index is 5.01. The third-order valence-electron chi connectivity index (χ3n) is 4.68. The Morgan fingerprint density at radius 3 is 1.93 bits per heavy atom. The van der Waals surface area contributed by atoms with Crippen LogP contribution in [-0.2, 0) is 0 Å². The van der Waals surface area contributed by atoms with E-state index in [-0.39, 0.29) is 6.29 Å². The van der Waals surface area contributed by atoms with Gasteiger partial charge in [-0.15, -0.1) is 5.10 Å². The number of allylic oxidation sites excluding steroid dienone is 1. The van der Waals surface area contributed by atoms with Crippen LogP contribution >= 0.6 is 0 Å². The first-order valence-electron chi connectivity index (χ1n) is 8.98. The lowest BCUT2D eigenvalue weighted by atomic mass is 10.1. The number of para-hydroxylation sites is 1. The first-order chi connectivity index (χ1) is 13.4. The maximum Gasteiger partial charge on any atom is 0.224 e. The number of aliphatic imine (C=N–C) groups is 1. The SMILES string of the molecule is C1=CN2C(c3ccccc3)=NN(c3ccccc3)C2N=C1c1ccccc1. The van der Waals surface area contributed by atoms with Crippen molar-refractivity contribution in [2.45, 2.75) is 6.29 Å². The van der Waals surface area contributed by atoms with Crippen molar-refractivity contribution >= 4 is 17.2 Å². The highest BCUT2D eigenvalue weighted by Crippen LogP contribution is 2.30. The molecule has 0 amide bonds. The van der Waals surface area contributed by atoms with Crippen molar-refractivity contribution in [1.82, 2.24) is 4.90 Å². The van der Waals surface area contributed by atoms with E-state index in [1.807, 2.05) is 59.6 Å². The van der Waals surface area contributed by atoms with Crippen molar-refractivity contribution in [3.05, 3.63) is 114 Å². The number of fused-ring (bicyclic) bond motifs is 1. The molecule has 4 heteroatoms. The molecule has 2 heterocycles. The van der Waals surface area contributed by atoms with Gasteiger partial charge >= 0.3 is 0 Å². The van der Waals surface area contributed by atoms with Crippen molar-refractivity contribution in [2.75, 3.05) is 5.01 Å². The van der Waals surface area contributed by atoms with Crippen LogP contribution in [0.2, 0.25) is 0 Å². The van der Waals surface area contributed by atoms with E-state index < -0.39 is 0 Å². The molecule has 0 N–H and O–H groups in total. The zero-order valence-electron chi connectivity index (χ0n) is 14.7. The fraction of sp³-hybridized carbons (Fsp3) is 0.0435. The van der Waals surface area contributed by atoms with Crippen LogP contribution < -0.4 is 5.01 Å². The molecule has 0 aromatic heterocycles. The number of benzene rings is 3. The van der Waals surface area contributed by atoms with E-state index in [0.29, 0.717) is 0 Å². The van der Waals surface area contributed by atoms with Crippen molar-refractivity contribution in [2.24, 2.45) is 10.1 Å². The van der Waals surface area contributed by atoms with Crippen molar-refractivity contribution in [3.8, 4) is 0 Å². The van der Waals surface area contributed by atoms with Crippen LogP contribution in [0.3, 0.4) is 0 Å². The minimum absolute atomic E-state index is 0.234. The average molecular weight is 350 g/mol. The van der Waals surface area contributed by atoms with Gasteiger partial charge in [-0.05, 0) is 23.8 Å². The van der Waals surface area contributed by atoms with Crippen molar-refractivity contribution in [3.63, 3.8) is 0 Å². The van der Waals surface area contributed by atoms with Gasteiger partial charge in [0.1, 0.15) is 0 Å². The first-order valence-corrected chi connectivity index (χ1v) is 8.98. The second-order valence-electron chi connectivity index (χ2n) is 6.42. The van der Waals surface area contributed by atoms with E-state index in [1.165, 1.54) is 0 Å². The molecule has 0 aliphatic carbocycles. The molecular weight excluding hydrogens is 332 g/mol. The maximum absolute atomic E-state index is 5.01. The molecule has 0 spiro atoms. The smallest absolute Gasteiger partial charge is 0.224 e. The Kier molecular flexibility index (Phi) is 3.79. The molecule has 0 fully saturated rings. The van der Waals surface area contributed by atoms with E-state index in [9.17, 15) is 0 Å². The monoisotopic (exact) mass is 350 g/mol. The van der Waals surface area contributed by atoms with Crippen LogP contribution in [0.5, 0.6) is 0 Å². The number of nitrogens with zero attached hydrogens (tertiary/aromatic N) is 4. The molecule has 1 atom stereocenters. The lowest BCUT2D eigenvalue weighted by Crippen LogP contribution is -2.40. The van der Waals surface area contributed by atoms with Gasteiger partial charge in [0.05, 0.1) is 11.4 Å². The van der Waals surface area contributed by atoms with E-state index in [4.69, 9.17) is 10.1 Å². The zero-order chi connectivity index (χ0) is 18.1. The Morgan fingerprint density at radius 2 is 1.26 bits per heavy atom. The summed E-state index contributed by atoms with van der Waals surface area (Å²) in [5, 5.41) is 6.90. The van der Waals surface area contributed by atoms with Crippen LogP contribution in [0.1, 0.15) is 11.1 Å². The topological polar surface area (TPSA) is 31.2 Å². The van der Waals surface area contributed by atoms with E-state index in [0.717, 1.165) is 28.4 Å². The van der Waals surface area contributed by atoms with Gasteiger partial charge in [-0.1, -0.05) is 78.9 Å². The summed E-state index contributed by atoms with van der Waals surface area (Å²) >= 11 is 0. The highest BCUT2D eigenvalue weighted by atomic mass is 15.7. The van der Waals surface area contributed by atoms with Crippen LogP contribution in [0.4, 0.5) is 5.69 Å². The fourth-order valence-corrected chi connectivity index (χ4v) is 3.36. The molecule has 3 aromatic rings. The lowest BCUT2D eigenvalue weighted by molar-refractivity contribution is 0.430. The van der Waals surface area contributed by atoms with Crippen LogP contribution in [0.25, 0.3) is 0 Å². The summed E-state index contributed by atoms with van der Waals surface area (Å²) in [5.74, 6) is 0.900. The van der Waals surface area contributed by atoms with Gasteiger partial charge in [0.2, 0.25) is 6.29 Å². The molecule has 2 aliphatic rings. The molecule has 0 saturated heterocycles. The highest BCUT2D eigenvalue weighted by Gasteiger charge is 2.36. The molecule has 1 unspecified atom stereocenters. The minimum atomic E-state index is -0.234. The number of rotatable bonds is 3. The Labute approximate surface area is 158 Å². The van der Waals surface area contributed by atoms with Crippen molar-refractivity contribution < 1.29 is 0 Å². The molecular formula is C23H18N4. The number of anilines is 1. The van der Waals surface area contributed by atoms with Crippen LogP contribution in [0.15, 0.2) is 113 Å². The highest BCUT2D eigenvalue weighted by molar-refractivity contribution is 6.11. The minimum Gasteiger partial charge on any atom is -0.289 e. The summed E-state index contributed by atoms with van der Waals surface area (Å²) in [5.41, 5.74) is 4.16. The van der Waals surface area contributed by atoms with E-state index in [2.05, 4.69) is 53.6 Å². The molecule has 27 heavy (non-hydrogen) atoms. The molecule has 0 radical (unpaired) electrons. The number of amidine groups is 1. The van der Waals surface area contributed by atoms with E-state index >= 15 is 0 Å². The Hall–Kier alpha value is -3.66. The number of hydrazone groups is 1. The second-order valence-corrected chi connectivity index (χ2v) is 6.42. The second kappa shape index (κ2) is 6.57. The number of hydrogen-bond donors (Lipinski definition) is 0. The summed E-state index contributed by atoms with van der Waals surface area (Å²) in [7, 11) is 0. The van der Waals surface area contributed by atoms with Crippen molar-refractivity contribution in [1.29, 1.82) is 0 Å². The molecule has 5 rings (SSSR count). The lowest BCUT2D eigenvalue weighted by Gasteiger charge is -2.29. The summed E-state index contributed by atoms with van der Waals surface area (Å²) < 4.78 is 0. The molecule has 0 saturated carbocycles. The first kappa shape index (κ1) is 15.6. The Balaban J connectivity index is 1.59. The Bertz CT molecular complexity index is 1020. The molecule has 3 aromatic carbocycles. The molecule has 0 bridgehead atoms. The van der Waals surface area contributed by atoms with E-state index in [1.54, 1.807) is 0 Å². The largest absolute Gasteiger partial charge is 0.289 e. The standard InChI is InChI=1S/C23H18N4/c1-4-10-18(11-5-1)21-16-17-26-22(19-12-6-2-7-13-19)25-27(23(26)24-21)20-14-8-3-9-15-20/h1-17,23H. The number of hydrogen-bond acceptors (Lipinski definition) is 4. The average Bonchev–Trinajstić information content (AvgIpc) is 3.14. The Morgan fingerprint density at radius 1 is 0.667 bits per heavy atom. The summed E-state index contributed by atoms with van der Waals surface area (Å²) in [6.45, 7) is 0. The molecule has 130 valence electrons. The normalized spacial score (nSPS) is 18.1. The van der Waals surface area contributed by atoms with Gasteiger partial charge in [-0.2, -0.15) is 0 Å². The zero-order valence-corrected chi connectivity index (χ0v) is 14.7. The van der Waals surface area contributed by atoms with Gasteiger partial charge in [0.15, 0.2) is 5.84 Å². The van der Waals surface area contributed by atoms with Crippen LogP contribution in [-0.4, -0.2) is 22.7 Å². The van der Waals surface area contributed by atoms with Gasteiger partial charge in [-0.25, -0.2) is 10.0 Å². The summed E-state index contributed by atoms with van der Waals surface area (Å²) in [4.78, 5) is 7.13. The fourth-order valence-electron chi connectivity index (χ4n) is 3.36. The third kappa shape index (κ3) is 2.81. The molecule has 2 aliphatic heterocycles. The third-order valence-corrected chi connectivity index (χ3v) is 4.68. The van der Waals surface area contributed by atoms with Gasteiger partial charge in [-0.3, -0.25) is 4.90 Å². The summed E-state index contributed by atoms with van der Waals surface area (Å²) in [6, 6.07) is 30.7. The summed E-state index contributed by atoms with van der Waals surface area (Å²) in [6.07, 6.45) is 3.90. The van der Waals surface area contributed by atoms with Gasteiger partial charge in [0, 0.05) is 11.8 Å². The predicted molar refractivity (Wildman–Crippen MR) is 110 cm³/mol. The van der Waals surface area contributed by atoms with Gasteiger partial charge in [0.25, 0.3) is 0 Å². The van der Waals surface area contributed by atoms with Crippen LogP contribution in [0, 0.1) is 0 Å². The molecule has 4 nitrogen and oxygen atoms in total.